The number of ether oxygens (including phenoxy) is 1. The van der Waals surface area contributed by atoms with Gasteiger partial charge < -0.3 is 10.1 Å². The van der Waals surface area contributed by atoms with Crippen molar-refractivity contribution in [3.8, 4) is 17.0 Å². The monoisotopic (exact) mass is 409 g/mol. The second kappa shape index (κ2) is 8.41. The molecular weight excluding hydrogens is 393 g/mol. The van der Waals surface area contributed by atoms with Gasteiger partial charge in [-0.1, -0.05) is 29.8 Å². The molecule has 1 amide bonds. The van der Waals surface area contributed by atoms with E-state index in [1.54, 1.807) is 42.9 Å². The molecule has 2 aromatic carbocycles. The van der Waals surface area contributed by atoms with Gasteiger partial charge in [-0.2, -0.15) is 0 Å². The van der Waals surface area contributed by atoms with Gasteiger partial charge in [-0.15, -0.1) is 0 Å². The number of nitrogens with zero attached hydrogens (tertiary/aromatic N) is 2. The van der Waals surface area contributed by atoms with E-state index in [2.05, 4.69) is 15.3 Å². The lowest BCUT2D eigenvalue weighted by Crippen LogP contribution is -2.33. The minimum absolute atomic E-state index is 0.232. The van der Waals surface area contributed by atoms with Crippen molar-refractivity contribution >= 4 is 23.6 Å². The van der Waals surface area contributed by atoms with Gasteiger partial charge in [-0.25, -0.2) is 4.39 Å². The van der Waals surface area contributed by atoms with Crippen LogP contribution in [0.15, 0.2) is 61.1 Å². The second-order valence-corrected chi connectivity index (χ2v) is 7.01. The molecule has 146 valence electrons. The molecular formula is C22H17ClFN3O2. The zero-order chi connectivity index (χ0) is 20.2. The third-order valence-corrected chi connectivity index (χ3v) is 4.74. The highest BCUT2D eigenvalue weighted by Gasteiger charge is 2.27. The quantitative estimate of drug-likeness (QED) is 0.645. The molecule has 0 spiro atoms. The van der Waals surface area contributed by atoms with Gasteiger partial charge in [0.15, 0.2) is 0 Å². The van der Waals surface area contributed by atoms with Crippen LogP contribution in [0.4, 0.5) is 4.39 Å². The molecule has 0 fully saturated rings. The molecule has 0 unspecified atom stereocenters. The van der Waals surface area contributed by atoms with E-state index >= 15 is 0 Å². The number of rotatable bonds is 5. The summed E-state index contributed by atoms with van der Waals surface area (Å²) in [6.45, 7) is 0.312. The van der Waals surface area contributed by atoms with Crippen LogP contribution in [0.3, 0.4) is 0 Å². The smallest absolute Gasteiger partial charge is 0.244 e. The Hall–Kier alpha value is -3.25. The Kier molecular flexibility index (Phi) is 5.53. The summed E-state index contributed by atoms with van der Waals surface area (Å²) in [7, 11) is 0. The Morgan fingerprint density at radius 1 is 1.31 bits per heavy atom. The summed E-state index contributed by atoms with van der Waals surface area (Å²) in [6, 6.07) is 9.92. The number of benzene rings is 2. The van der Waals surface area contributed by atoms with Crippen LogP contribution in [-0.2, 0) is 11.2 Å². The van der Waals surface area contributed by atoms with Crippen LogP contribution >= 0.6 is 11.6 Å². The van der Waals surface area contributed by atoms with Gasteiger partial charge in [0.25, 0.3) is 0 Å². The Labute approximate surface area is 172 Å². The maximum Gasteiger partial charge on any atom is 0.244 e. The predicted molar refractivity (Wildman–Crippen MR) is 109 cm³/mol. The fourth-order valence-electron chi connectivity index (χ4n) is 3.19. The van der Waals surface area contributed by atoms with E-state index in [0.29, 0.717) is 35.0 Å². The first-order chi connectivity index (χ1) is 14.1. The number of aromatic nitrogens is 2. The van der Waals surface area contributed by atoms with Crippen LogP contribution in [0.5, 0.6) is 5.75 Å². The number of carbonyl (C=O) groups excluding carboxylic acids is 1. The molecule has 0 saturated carbocycles. The molecule has 2 heterocycles. The normalized spacial score (nSPS) is 15.2. The number of amides is 1. The Bertz CT molecular complexity index is 1070. The first kappa shape index (κ1) is 19.1. The number of carbonyl (C=O) groups is 1. The highest BCUT2D eigenvalue weighted by atomic mass is 35.5. The molecule has 1 atom stereocenters. The molecule has 1 aliphatic rings. The predicted octanol–water partition coefficient (Wildman–Crippen LogP) is 4.07. The van der Waals surface area contributed by atoms with Gasteiger partial charge in [0.2, 0.25) is 5.91 Å². The number of hydrogen-bond acceptors (Lipinski definition) is 4. The van der Waals surface area contributed by atoms with Crippen molar-refractivity contribution in [3.05, 3.63) is 83.0 Å². The summed E-state index contributed by atoms with van der Waals surface area (Å²) < 4.78 is 19.7. The van der Waals surface area contributed by atoms with Gasteiger partial charge in [-0.3, -0.25) is 14.8 Å². The van der Waals surface area contributed by atoms with Crippen LogP contribution in [0, 0.1) is 5.82 Å². The van der Waals surface area contributed by atoms with Crippen molar-refractivity contribution in [2.75, 3.05) is 6.54 Å². The van der Waals surface area contributed by atoms with Crippen molar-refractivity contribution in [2.24, 2.45) is 0 Å². The Balaban J connectivity index is 1.41. The number of halogens is 2. The van der Waals surface area contributed by atoms with Crippen LogP contribution < -0.4 is 10.1 Å². The van der Waals surface area contributed by atoms with E-state index in [-0.39, 0.29) is 17.8 Å². The van der Waals surface area contributed by atoms with E-state index in [1.165, 1.54) is 18.2 Å². The molecule has 1 aromatic heterocycles. The molecule has 0 bridgehead atoms. The summed E-state index contributed by atoms with van der Waals surface area (Å²) in [6.07, 6.45) is 7.99. The van der Waals surface area contributed by atoms with Crippen molar-refractivity contribution in [2.45, 2.75) is 12.5 Å². The van der Waals surface area contributed by atoms with Crippen LogP contribution in [0.1, 0.15) is 11.1 Å². The summed E-state index contributed by atoms with van der Waals surface area (Å²) in [4.78, 5) is 20.5. The summed E-state index contributed by atoms with van der Waals surface area (Å²) in [5.41, 5.74) is 2.76. The van der Waals surface area contributed by atoms with Crippen molar-refractivity contribution in [1.82, 2.24) is 15.3 Å². The summed E-state index contributed by atoms with van der Waals surface area (Å²) in [5, 5.41) is 3.38. The molecule has 4 rings (SSSR count). The third-order valence-electron chi connectivity index (χ3n) is 4.53. The Morgan fingerprint density at radius 3 is 2.97 bits per heavy atom. The minimum Gasteiger partial charge on any atom is -0.487 e. The molecule has 5 nitrogen and oxygen atoms in total. The van der Waals surface area contributed by atoms with Gasteiger partial charge in [0, 0.05) is 46.6 Å². The zero-order valence-corrected chi connectivity index (χ0v) is 16.1. The first-order valence-corrected chi connectivity index (χ1v) is 9.44. The molecule has 0 saturated heterocycles. The fourth-order valence-corrected chi connectivity index (χ4v) is 3.43. The van der Waals surface area contributed by atoms with Gasteiger partial charge >= 0.3 is 0 Å². The highest BCUT2D eigenvalue weighted by Crippen LogP contribution is 2.40. The van der Waals surface area contributed by atoms with Crippen LogP contribution in [-0.4, -0.2) is 28.5 Å². The number of hydrogen-bond donors (Lipinski definition) is 1. The van der Waals surface area contributed by atoms with E-state index in [9.17, 15) is 9.18 Å². The molecule has 7 heteroatoms. The van der Waals surface area contributed by atoms with Gasteiger partial charge in [0.1, 0.15) is 17.7 Å². The van der Waals surface area contributed by atoms with E-state index in [1.807, 2.05) is 6.07 Å². The molecule has 0 aliphatic carbocycles. The molecule has 0 radical (unpaired) electrons. The maximum absolute atomic E-state index is 13.6. The van der Waals surface area contributed by atoms with Crippen molar-refractivity contribution in [3.63, 3.8) is 0 Å². The average Bonchev–Trinajstić information content (AvgIpc) is 3.14. The summed E-state index contributed by atoms with van der Waals surface area (Å²) in [5.74, 6) is 0.00980. The van der Waals surface area contributed by atoms with Crippen molar-refractivity contribution < 1.29 is 13.9 Å². The SMILES string of the molecule is O=C(/C=C/c1ccccc1F)NC[C@H]1Cc2cc(Cl)cc(-c3cnccn3)c2O1. The molecule has 1 aliphatic heterocycles. The zero-order valence-electron chi connectivity index (χ0n) is 15.3. The lowest BCUT2D eigenvalue weighted by molar-refractivity contribution is -0.116. The molecule has 1 N–H and O–H groups in total. The lowest BCUT2D eigenvalue weighted by Gasteiger charge is -2.12. The second-order valence-electron chi connectivity index (χ2n) is 6.58. The van der Waals surface area contributed by atoms with Crippen molar-refractivity contribution in [1.29, 1.82) is 0 Å². The fraction of sp³-hybridized carbons (Fsp3) is 0.136. The molecule has 3 aromatic rings. The molecule has 29 heavy (non-hydrogen) atoms. The number of fused-ring (bicyclic) bond motifs is 1. The summed E-state index contributed by atoms with van der Waals surface area (Å²) >= 11 is 6.25. The largest absolute Gasteiger partial charge is 0.487 e. The van der Waals surface area contributed by atoms with Crippen LogP contribution in [0.2, 0.25) is 5.02 Å². The third kappa shape index (κ3) is 4.43. The lowest BCUT2D eigenvalue weighted by atomic mass is 10.0. The highest BCUT2D eigenvalue weighted by molar-refractivity contribution is 6.31. The van der Waals surface area contributed by atoms with E-state index in [4.69, 9.17) is 16.3 Å². The number of nitrogens with one attached hydrogen (secondary N) is 1. The Morgan fingerprint density at radius 2 is 2.17 bits per heavy atom. The minimum atomic E-state index is -0.375. The van der Waals surface area contributed by atoms with Crippen LogP contribution in [0.25, 0.3) is 17.3 Å². The maximum atomic E-state index is 13.6. The van der Waals surface area contributed by atoms with E-state index < -0.39 is 0 Å². The first-order valence-electron chi connectivity index (χ1n) is 9.06. The average molecular weight is 410 g/mol. The topological polar surface area (TPSA) is 64.1 Å². The van der Waals surface area contributed by atoms with E-state index in [0.717, 1.165) is 11.1 Å². The van der Waals surface area contributed by atoms with Gasteiger partial charge in [0.05, 0.1) is 18.4 Å². The van der Waals surface area contributed by atoms with Gasteiger partial charge in [-0.05, 0) is 24.3 Å². The standard InChI is InChI=1S/C22H17ClFN3O2/c23-16-9-15-10-17(29-22(15)18(11-16)20-13-25-7-8-26-20)12-27-21(28)6-5-14-3-1-2-4-19(14)24/h1-9,11,13,17H,10,12H2,(H,27,28)/b6-5+/t17-/m1/s1.